The molecule has 0 aliphatic rings. The molecule has 0 fully saturated rings. The van der Waals surface area contributed by atoms with Crippen molar-refractivity contribution in [2.24, 2.45) is 5.16 Å². The van der Waals surface area contributed by atoms with Gasteiger partial charge in [-0.2, -0.15) is 0 Å². The van der Waals surface area contributed by atoms with E-state index in [0.717, 1.165) is 22.6 Å². The molecule has 27 heavy (non-hydrogen) atoms. The highest BCUT2D eigenvalue weighted by molar-refractivity contribution is 7.92. The van der Waals surface area contributed by atoms with Gasteiger partial charge < -0.3 is 14.3 Å². The van der Waals surface area contributed by atoms with Crippen LogP contribution in [-0.4, -0.2) is 46.0 Å². The van der Waals surface area contributed by atoms with E-state index in [1.54, 1.807) is 6.92 Å². The van der Waals surface area contributed by atoms with Crippen LogP contribution >= 0.6 is 0 Å². The molecule has 7 heteroatoms. The third kappa shape index (κ3) is 8.95. The quantitative estimate of drug-likeness (QED) is 0.232. The lowest BCUT2D eigenvalue weighted by Gasteiger charge is -2.14. The topological polar surface area (TPSA) is 74.2 Å². The minimum Gasteiger partial charge on any atom is -0.493 e. The van der Waals surface area contributed by atoms with Gasteiger partial charge in [-0.25, -0.2) is 8.42 Å². The first kappa shape index (κ1) is 23.0. The second kappa shape index (κ2) is 11.6. The number of ether oxygens (including phenoxy) is 2. The van der Waals surface area contributed by atoms with Gasteiger partial charge in [-0.1, -0.05) is 17.3 Å². The lowest BCUT2D eigenvalue weighted by Crippen LogP contribution is -2.17. The maximum Gasteiger partial charge on any atom is 0.155 e. The molecule has 0 amide bonds. The zero-order valence-corrected chi connectivity index (χ0v) is 17.8. The Labute approximate surface area is 163 Å². The van der Waals surface area contributed by atoms with Gasteiger partial charge in [0.2, 0.25) is 0 Å². The van der Waals surface area contributed by atoms with Crippen LogP contribution in [0.15, 0.2) is 29.4 Å². The minimum absolute atomic E-state index is 0.0748. The number of benzene rings is 1. The molecule has 0 unspecified atom stereocenters. The van der Waals surface area contributed by atoms with Crippen molar-refractivity contribution >= 4 is 15.5 Å². The molecule has 6 nitrogen and oxygen atoms in total. The van der Waals surface area contributed by atoms with E-state index in [9.17, 15) is 8.42 Å². The maximum atomic E-state index is 12.0. The molecule has 1 aromatic carbocycles. The Kier molecular flexibility index (Phi) is 9.93. The summed E-state index contributed by atoms with van der Waals surface area (Å²) in [5.41, 5.74) is 2.46. The van der Waals surface area contributed by atoms with Crippen LogP contribution in [0.25, 0.3) is 0 Å². The van der Waals surface area contributed by atoms with Crippen molar-refractivity contribution in [1.82, 2.24) is 0 Å². The molecule has 0 bridgehead atoms. The van der Waals surface area contributed by atoms with Crippen molar-refractivity contribution in [3.05, 3.63) is 35.4 Å². The summed E-state index contributed by atoms with van der Waals surface area (Å²) in [5.74, 6) is 1.69. The molecule has 0 radical (unpaired) electrons. The number of rotatable bonds is 12. The molecule has 0 N–H and O–H groups in total. The number of unbranched alkanes of at least 4 members (excludes halogenated alkanes) is 1. The molecule has 0 atom stereocenters. The summed E-state index contributed by atoms with van der Waals surface area (Å²) in [6, 6.07) is 3.91. The second-order valence-electron chi connectivity index (χ2n) is 6.42. The van der Waals surface area contributed by atoms with E-state index in [0.29, 0.717) is 31.8 Å². The van der Waals surface area contributed by atoms with Gasteiger partial charge in [0, 0.05) is 0 Å². The summed E-state index contributed by atoms with van der Waals surface area (Å²) in [4.78, 5) is 4.59. The van der Waals surface area contributed by atoms with Gasteiger partial charge in [-0.05, 0) is 63.8 Å². The molecule has 1 rings (SSSR count). The second-order valence-corrected chi connectivity index (χ2v) is 8.61. The van der Waals surface area contributed by atoms with Crippen LogP contribution in [0.2, 0.25) is 0 Å². The molecule has 0 heterocycles. The maximum absolute atomic E-state index is 12.0. The van der Waals surface area contributed by atoms with E-state index in [2.05, 4.69) is 9.99 Å². The van der Waals surface area contributed by atoms with Crippen molar-refractivity contribution in [2.75, 3.05) is 31.8 Å². The molecule has 0 saturated heterocycles. The molecule has 0 aliphatic carbocycles. The molecular weight excluding hydrogens is 366 g/mol. The average molecular weight is 398 g/mol. The van der Waals surface area contributed by atoms with Crippen molar-refractivity contribution in [3.8, 4) is 11.5 Å². The number of nitrogens with zero attached hydrogens (tertiary/aromatic N) is 1. The van der Waals surface area contributed by atoms with Gasteiger partial charge in [0.05, 0.1) is 23.8 Å². The zero-order valence-electron chi connectivity index (χ0n) is 16.9. The Hall–Kier alpha value is -2.02. The minimum atomic E-state index is -3.17. The standard InChI is InChI=1S/C20H31NO5S/c1-6-7-10-25-19-13-16(2)20(17(3)14-19)26-11-8-9-12-27(22,23)15-18(4)21-24-5/h6-7,13-14H,8-12,15H2,1-5H3/b7-6+,21-18+. The third-order valence-electron chi connectivity index (χ3n) is 3.79. The number of hydrogen-bond donors (Lipinski definition) is 0. The SMILES string of the molecule is C/C=C/COc1cc(C)c(OCCCCS(=O)(=O)C/C(C)=N/OC)c(C)c1. The molecule has 0 spiro atoms. The summed E-state index contributed by atoms with van der Waals surface area (Å²) in [7, 11) is -1.77. The number of hydrogen-bond acceptors (Lipinski definition) is 6. The lowest BCUT2D eigenvalue weighted by atomic mass is 10.1. The van der Waals surface area contributed by atoms with Crippen molar-refractivity contribution in [1.29, 1.82) is 0 Å². The Balaban J connectivity index is 2.47. The smallest absolute Gasteiger partial charge is 0.155 e. The Morgan fingerprint density at radius 2 is 1.81 bits per heavy atom. The van der Waals surface area contributed by atoms with E-state index < -0.39 is 9.84 Å². The van der Waals surface area contributed by atoms with E-state index >= 15 is 0 Å². The van der Waals surface area contributed by atoms with Crippen LogP contribution in [0.1, 0.15) is 37.8 Å². The first-order chi connectivity index (χ1) is 12.8. The highest BCUT2D eigenvalue weighted by Crippen LogP contribution is 2.28. The molecule has 0 aliphatic heterocycles. The van der Waals surface area contributed by atoms with E-state index in [-0.39, 0.29) is 11.5 Å². The van der Waals surface area contributed by atoms with Crippen LogP contribution in [-0.2, 0) is 14.7 Å². The normalized spacial score (nSPS) is 12.4. The average Bonchev–Trinajstić information content (AvgIpc) is 2.56. The van der Waals surface area contributed by atoms with E-state index in [1.807, 2.05) is 45.1 Å². The summed E-state index contributed by atoms with van der Waals surface area (Å²) in [5, 5.41) is 3.64. The Morgan fingerprint density at radius 1 is 1.15 bits per heavy atom. The summed E-state index contributed by atoms with van der Waals surface area (Å²) >= 11 is 0. The highest BCUT2D eigenvalue weighted by Gasteiger charge is 2.13. The van der Waals surface area contributed by atoms with Crippen LogP contribution < -0.4 is 9.47 Å². The van der Waals surface area contributed by atoms with Crippen LogP contribution in [0, 0.1) is 13.8 Å². The first-order valence-corrected chi connectivity index (χ1v) is 10.9. The Morgan fingerprint density at radius 3 is 2.41 bits per heavy atom. The van der Waals surface area contributed by atoms with Gasteiger partial charge >= 0.3 is 0 Å². The number of sulfone groups is 1. The van der Waals surface area contributed by atoms with Crippen LogP contribution in [0.5, 0.6) is 11.5 Å². The highest BCUT2D eigenvalue weighted by atomic mass is 32.2. The van der Waals surface area contributed by atoms with Gasteiger partial charge in [-0.3, -0.25) is 0 Å². The van der Waals surface area contributed by atoms with Crippen LogP contribution in [0.3, 0.4) is 0 Å². The number of aryl methyl sites for hydroxylation is 2. The zero-order chi connectivity index (χ0) is 20.3. The summed E-state index contributed by atoms with van der Waals surface area (Å²) < 4.78 is 35.6. The van der Waals surface area contributed by atoms with Gasteiger partial charge in [0.25, 0.3) is 0 Å². The van der Waals surface area contributed by atoms with Gasteiger partial charge in [0.1, 0.15) is 25.2 Å². The monoisotopic (exact) mass is 397 g/mol. The fourth-order valence-electron chi connectivity index (χ4n) is 2.63. The lowest BCUT2D eigenvalue weighted by molar-refractivity contribution is 0.213. The predicted octanol–water partition coefficient (Wildman–Crippen LogP) is 3.85. The van der Waals surface area contributed by atoms with E-state index in [1.165, 1.54) is 7.11 Å². The largest absolute Gasteiger partial charge is 0.493 e. The Bertz CT molecular complexity index is 731. The molecule has 152 valence electrons. The van der Waals surface area contributed by atoms with Gasteiger partial charge in [-0.15, -0.1) is 0 Å². The number of oxime groups is 1. The summed E-state index contributed by atoms with van der Waals surface area (Å²) in [6.45, 7) is 8.57. The predicted molar refractivity (Wildman–Crippen MR) is 110 cm³/mol. The fourth-order valence-corrected chi connectivity index (χ4v) is 4.11. The molecule has 0 aromatic heterocycles. The van der Waals surface area contributed by atoms with E-state index in [4.69, 9.17) is 9.47 Å². The third-order valence-corrected chi connectivity index (χ3v) is 5.56. The molecule has 1 aromatic rings. The summed E-state index contributed by atoms with van der Waals surface area (Å²) in [6.07, 6.45) is 5.11. The first-order valence-electron chi connectivity index (χ1n) is 9.04. The fraction of sp³-hybridized carbons (Fsp3) is 0.550. The molecular formula is C20H31NO5S. The van der Waals surface area contributed by atoms with Crippen LogP contribution in [0.4, 0.5) is 0 Å². The number of allylic oxidation sites excluding steroid dienone is 1. The van der Waals surface area contributed by atoms with Gasteiger partial charge in [0.15, 0.2) is 9.84 Å². The van der Waals surface area contributed by atoms with Crippen molar-refractivity contribution in [2.45, 2.75) is 40.5 Å². The van der Waals surface area contributed by atoms with Crippen molar-refractivity contribution in [3.63, 3.8) is 0 Å². The van der Waals surface area contributed by atoms with Crippen molar-refractivity contribution < 1.29 is 22.7 Å². The molecule has 0 saturated carbocycles.